The fourth-order valence-corrected chi connectivity index (χ4v) is 2.38. The van der Waals surface area contributed by atoms with Gasteiger partial charge in [0.05, 0.1) is 0 Å². The summed E-state index contributed by atoms with van der Waals surface area (Å²) in [6.45, 7) is 2.81. The second kappa shape index (κ2) is 5.92. The van der Waals surface area contributed by atoms with Crippen LogP contribution < -0.4 is 16.0 Å². The number of hydrogen-bond donors (Lipinski definition) is 2. The molecule has 1 aromatic heterocycles. The first kappa shape index (κ1) is 12.9. The summed E-state index contributed by atoms with van der Waals surface area (Å²) in [7, 11) is 0. The van der Waals surface area contributed by atoms with Crippen LogP contribution in [0.15, 0.2) is 28.7 Å². The van der Waals surface area contributed by atoms with Crippen molar-refractivity contribution in [2.45, 2.75) is 19.3 Å². The lowest BCUT2D eigenvalue weighted by atomic mass is 10.2. The van der Waals surface area contributed by atoms with Gasteiger partial charge in [0.15, 0.2) is 0 Å². The van der Waals surface area contributed by atoms with Crippen molar-refractivity contribution in [3.63, 3.8) is 0 Å². The number of hydrogen-bond acceptors (Lipinski definition) is 6. The van der Waals surface area contributed by atoms with E-state index in [1.54, 1.807) is 0 Å². The van der Waals surface area contributed by atoms with Crippen LogP contribution in [0.2, 0.25) is 0 Å². The average Bonchev–Trinajstić information content (AvgIpc) is 3.12. The predicted octanol–water partition coefficient (Wildman–Crippen LogP) is 1.91. The molecule has 1 aliphatic rings. The fourth-order valence-electron chi connectivity index (χ4n) is 2.38. The van der Waals surface area contributed by atoms with E-state index in [1.165, 1.54) is 18.5 Å². The van der Waals surface area contributed by atoms with Gasteiger partial charge in [-0.3, -0.25) is 0 Å². The summed E-state index contributed by atoms with van der Waals surface area (Å²) in [5.41, 5.74) is 7.65. The highest BCUT2D eigenvalue weighted by Gasteiger charge is 2.12. The Morgan fingerprint density at radius 2 is 1.90 bits per heavy atom. The quantitative estimate of drug-likeness (QED) is 0.866. The predicted molar refractivity (Wildman–Crippen MR) is 78.2 cm³/mol. The van der Waals surface area contributed by atoms with Crippen LogP contribution >= 0.6 is 0 Å². The number of nitrogens with one attached hydrogen (secondary N) is 1. The van der Waals surface area contributed by atoms with E-state index in [1.807, 2.05) is 12.1 Å². The molecular weight excluding hydrogens is 254 g/mol. The molecule has 2 aromatic rings. The zero-order chi connectivity index (χ0) is 13.8. The van der Waals surface area contributed by atoms with Crippen LogP contribution in [0.4, 0.5) is 17.4 Å². The van der Waals surface area contributed by atoms with E-state index in [0.29, 0.717) is 24.9 Å². The lowest BCUT2D eigenvalue weighted by Crippen LogP contribution is -2.17. The Labute approximate surface area is 118 Å². The topological polar surface area (TPSA) is 80.2 Å². The smallest absolute Gasteiger partial charge is 0.320 e. The van der Waals surface area contributed by atoms with Crippen molar-refractivity contribution >= 4 is 17.4 Å². The van der Waals surface area contributed by atoms with Gasteiger partial charge < -0.3 is 20.4 Å². The molecule has 0 saturated carbocycles. The molecule has 0 unspecified atom stereocenters. The Hall–Kier alpha value is -2.08. The average molecular weight is 273 g/mol. The Kier molecular flexibility index (Phi) is 3.83. The maximum atomic E-state index is 5.45. The van der Waals surface area contributed by atoms with Gasteiger partial charge >= 0.3 is 6.01 Å². The summed E-state index contributed by atoms with van der Waals surface area (Å²) in [6, 6.07) is 8.69. The molecule has 2 heterocycles. The molecule has 20 heavy (non-hydrogen) atoms. The van der Waals surface area contributed by atoms with Crippen molar-refractivity contribution in [3.05, 3.63) is 30.2 Å². The molecule has 0 radical (unpaired) electrons. The minimum absolute atomic E-state index is 0.405. The van der Waals surface area contributed by atoms with Crippen molar-refractivity contribution < 1.29 is 4.42 Å². The van der Waals surface area contributed by atoms with Crippen LogP contribution in [0.3, 0.4) is 0 Å². The lowest BCUT2D eigenvalue weighted by molar-refractivity contribution is 0.510. The largest absolute Gasteiger partial charge is 0.408 e. The van der Waals surface area contributed by atoms with Crippen LogP contribution in [0, 0.1) is 0 Å². The van der Waals surface area contributed by atoms with Crippen molar-refractivity contribution in [1.82, 2.24) is 10.2 Å². The van der Waals surface area contributed by atoms with Gasteiger partial charge in [-0.25, -0.2) is 0 Å². The van der Waals surface area contributed by atoms with Crippen LogP contribution in [-0.2, 0) is 6.42 Å². The van der Waals surface area contributed by atoms with Crippen molar-refractivity contribution in [3.8, 4) is 0 Å². The molecule has 0 aliphatic carbocycles. The molecule has 0 atom stereocenters. The zero-order valence-corrected chi connectivity index (χ0v) is 11.4. The SMILES string of the molecule is NCCc1nnc(Nc2ccc(N3CCCC3)cc2)o1. The Balaban J connectivity index is 1.64. The summed E-state index contributed by atoms with van der Waals surface area (Å²) >= 11 is 0. The van der Waals surface area contributed by atoms with E-state index in [9.17, 15) is 0 Å². The highest BCUT2D eigenvalue weighted by molar-refractivity contribution is 5.58. The number of benzene rings is 1. The molecule has 106 valence electrons. The minimum Gasteiger partial charge on any atom is -0.408 e. The molecule has 6 nitrogen and oxygen atoms in total. The molecule has 0 spiro atoms. The van der Waals surface area contributed by atoms with E-state index in [0.717, 1.165) is 18.8 Å². The molecule has 1 saturated heterocycles. The molecule has 1 fully saturated rings. The number of nitrogens with two attached hydrogens (primary N) is 1. The molecule has 1 aromatic carbocycles. The van der Waals surface area contributed by atoms with E-state index in [4.69, 9.17) is 10.2 Å². The minimum atomic E-state index is 0.405. The monoisotopic (exact) mass is 273 g/mol. The first-order valence-corrected chi connectivity index (χ1v) is 6.99. The van der Waals surface area contributed by atoms with Gasteiger partial charge in [-0.2, -0.15) is 0 Å². The number of nitrogens with zero attached hydrogens (tertiary/aromatic N) is 3. The second-order valence-electron chi connectivity index (χ2n) is 4.91. The Morgan fingerprint density at radius 3 is 2.60 bits per heavy atom. The van der Waals surface area contributed by atoms with Crippen LogP contribution in [0.25, 0.3) is 0 Å². The zero-order valence-electron chi connectivity index (χ0n) is 11.4. The third kappa shape index (κ3) is 2.91. The maximum absolute atomic E-state index is 5.45. The third-order valence-corrected chi connectivity index (χ3v) is 3.41. The Bertz CT molecular complexity index is 545. The fraction of sp³-hybridized carbons (Fsp3) is 0.429. The van der Waals surface area contributed by atoms with Crippen molar-refractivity contribution in [2.75, 3.05) is 29.9 Å². The van der Waals surface area contributed by atoms with Crippen LogP contribution in [0.1, 0.15) is 18.7 Å². The molecule has 3 N–H and O–H groups in total. The van der Waals surface area contributed by atoms with Crippen molar-refractivity contribution in [1.29, 1.82) is 0 Å². The summed E-state index contributed by atoms with van der Waals surface area (Å²) in [5.74, 6) is 0.559. The molecule has 0 amide bonds. The summed E-state index contributed by atoms with van der Waals surface area (Å²) in [6.07, 6.45) is 3.17. The van der Waals surface area contributed by atoms with Gasteiger partial charge in [0.2, 0.25) is 5.89 Å². The van der Waals surface area contributed by atoms with Crippen LogP contribution in [0.5, 0.6) is 0 Å². The second-order valence-corrected chi connectivity index (χ2v) is 4.91. The normalized spacial score (nSPS) is 14.8. The van der Waals surface area contributed by atoms with Gasteiger partial charge in [-0.05, 0) is 37.1 Å². The third-order valence-electron chi connectivity index (χ3n) is 3.41. The maximum Gasteiger partial charge on any atom is 0.320 e. The molecule has 3 rings (SSSR count). The first-order chi connectivity index (χ1) is 9.85. The molecule has 1 aliphatic heterocycles. The molecule has 0 bridgehead atoms. The standard InChI is InChI=1S/C14H19N5O/c15-8-7-13-17-18-14(20-13)16-11-3-5-12(6-4-11)19-9-1-2-10-19/h3-6H,1-2,7-10,15H2,(H,16,18). The van der Waals surface area contributed by atoms with Gasteiger partial charge in [0.1, 0.15) is 0 Å². The highest BCUT2D eigenvalue weighted by Crippen LogP contribution is 2.23. The van der Waals surface area contributed by atoms with Gasteiger partial charge in [0.25, 0.3) is 0 Å². The lowest BCUT2D eigenvalue weighted by Gasteiger charge is -2.17. The van der Waals surface area contributed by atoms with E-state index >= 15 is 0 Å². The van der Waals surface area contributed by atoms with Gasteiger partial charge in [-0.1, -0.05) is 5.10 Å². The van der Waals surface area contributed by atoms with Gasteiger partial charge in [-0.15, -0.1) is 5.10 Å². The number of rotatable bonds is 5. The Morgan fingerprint density at radius 1 is 1.15 bits per heavy atom. The van der Waals surface area contributed by atoms with E-state index in [2.05, 4.69) is 32.5 Å². The first-order valence-electron chi connectivity index (χ1n) is 6.99. The van der Waals surface area contributed by atoms with Gasteiger partial charge in [0, 0.05) is 37.4 Å². The highest BCUT2D eigenvalue weighted by atomic mass is 16.4. The number of aromatic nitrogens is 2. The van der Waals surface area contributed by atoms with E-state index in [-0.39, 0.29) is 0 Å². The molecular formula is C14H19N5O. The molecule has 6 heteroatoms. The summed E-state index contributed by atoms with van der Waals surface area (Å²) in [5, 5.41) is 11.0. The summed E-state index contributed by atoms with van der Waals surface area (Å²) < 4.78 is 5.43. The van der Waals surface area contributed by atoms with E-state index < -0.39 is 0 Å². The van der Waals surface area contributed by atoms with Crippen LogP contribution in [-0.4, -0.2) is 29.8 Å². The van der Waals surface area contributed by atoms with Crippen molar-refractivity contribution in [2.24, 2.45) is 5.73 Å². The summed E-state index contributed by atoms with van der Waals surface area (Å²) in [4.78, 5) is 2.40. The number of anilines is 3.